The van der Waals surface area contributed by atoms with E-state index in [1.54, 1.807) is 14.2 Å². The third kappa shape index (κ3) is 3.54. The normalized spacial score (nSPS) is 18.5. The van der Waals surface area contributed by atoms with E-state index in [1.165, 1.54) is 5.56 Å². The van der Waals surface area contributed by atoms with Crippen molar-refractivity contribution in [3.63, 3.8) is 0 Å². The molecule has 6 nitrogen and oxygen atoms in total. The maximum atomic E-state index is 5.32. The summed E-state index contributed by atoms with van der Waals surface area (Å²) in [6.07, 6.45) is 0.903. The molecule has 0 spiro atoms. The first-order valence-corrected chi connectivity index (χ1v) is 7.98. The summed E-state index contributed by atoms with van der Waals surface area (Å²) in [5.41, 5.74) is 1.27. The molecule has 0 saturated heterocycles. The smallest absolute Gasteiger partial charge is 0.159 e. The third-order valence-corrected chi connectivity index (χ3v) is 4.41. The Morgan fingerprint density at radius 3 is 2.87 bits per heavy atom. The molecule has 0 saturated carbocycles. The van der Waals surface area contributed by atoms with Crippen molar-refractivity contribution in [1.82, 2.24) is 19.7 Å². The Hall–Kier alpha value is -1.92. The monoisotopic (exact) mass is 316 g/mol. The first-order chi connectivity index (χ1) is 11.2. The Labute approximate surface area is 137 Å². The zero-order valence-electron chi connectivity index (χ0n) is 14.0. The number of aromatic nitrogens is 3. The van der Waals surface area contributed by atoms with Crippen LogP contribution in [-0.4, -0.2) is 46.5 Å². The largest absolute Gasteiger partial charge is 0.497 e. The van der Waals surface area contributed by atoms with Crippen LogP contribution in [0.25, 0.3) is 0 Å². The molecule has 1 aromatic heterocycles. The lowest BCUT2D eigenvalue weighted by atomic mass is 10.1. The average Bonchev–Trinajstić information content (AvgIpc) is 2.86. The van der Waals surface area contributed by atoms with E-state index in [9.17, 15) is 0 Å². The van der Waals surface area contributed by atoms with Gasteiger partial charge in [0.2, 0.25) is 0 Å². The SMILES string of the molecule is COCc1nnc2n1CCN(Cc1cccc(OC)c1)C(C)C2. The highest BCUT2D eigenvalue weighted by atomic mass is 16.5. The van der Waals surface area contributed by atoms with Crippen LogP contribution < -0.4 is 4.74 Å². The molecule has 0 N–H and O–H groups in total. The molecular formula is C17H24N4O2. The lowest BCUT2D eigenvalue weighted by Gasteiger charge is -2.26. The Bertz CT molecular complexity index is 656. The van der Waals surface area contributed by atoms with Gasteiger partial charge in [-0.25, -0.2) is 0 Å². The number of hydrogen-bond donors (Lipinski definition) is 0. The van der Waals surface area contributed by atoms with E-state index < -0.39 is 0 Å². The molecule has 1 unspecified atom stereocenters. The van der Waals surface area contributed by atoms with Crippen molar-refractivity contribution < 1.29 is 9.47 Å². The van der Waals surface area contributed by atoms with E-state index in [4.69, 9.17) is 9.47 Å². The summed E-state index contributed by atoms with van der Waals surface area (Å²) < 4.78 is 12.7. The van der Waals surface area contributed by atoms with Crippen molar-refractivity contribution in [2.75, 3.05) is 20.8 Å². The quantitative estimate of drug-likeness (QED) is 0.843. The molecule has 1 aliphatic heterocycles. The first kappa shape index (κ1) is 16.0. The van der Waals surface area contributed by atoms with Crippen molar-refractivity contribution in [3.8, 4) is 5.75 Å². The van der Waals surface area contributed by atoms with Crippen LogP contribution in [0.5, 0.6) is 5.75 Å². The lowest BCUT2D eigenvalue weighted by Crippen LogP contribution is -2.34. The maximum Gasteiger partial charge on any atom is 0.159 e. The molecule has 1 aliphatic rings. The molecule has 124 valence electrons. The fourth-order valence-corrected chi connectivity index (χ4v) is 3.10. The first-order valence-electron chi connectivity index (χ1n) is 7.98. The minimum absolute atomic E-state index is 0.419. The summed E-state index contributed by atoms with van der Waals surface area (Å²) in [7, 11) is 3.40. The van der Waals surface area contributed by atoms with Crippen LogP contribution in [-0.2, 0) is 30.9 Å². The molecule has 0 bridgehead atoms. The predicted molar refractivity (Wildman–Crippen MR) is 87.3 cm³/mol. The number of ether oxygens (including phenoxy) is 2. The Kier molecular flexibility index (Phi) is 4.93. The number of benzene rings is 1. The molecule has 0 aliphatic carbocycles. The molecule has 6 heteroatoms. The summed E-state index contributed by atoms with van der Waals surface area (Å²) in [6.45, 7) is 5.55. The minimum atomic E-state index is 0.419. The summed E-state index contributed by atoms with van der Waals surface area (Å²) in [4.78, 5) is 2.49. The van der Waals surface area contributed by atoms with E-state index in [0.717, 1.165) is 43.5 Å². The highest BCUT2D eigenvalue weighted by Crippen LogP contribution is 2.19. The number of fused-ring (bicyclic) bond motifs is 1. The third-order valence-electron chi connectivity index (χ3n) is 4.41. The van der Waals surface area contributed by atoms with Crippen LogP contribution >= 0.6 is 0 Å². The van der Waals surface area contributed by atoms with Crippen molar-refractivity contribution in [1.29, 1.82) is 0 Å². The number of rotatable bonds is 5. The van der Waals surface area contributed by atoms with Gasteiger partial charge in [-0.05, 0) is 24.6 Å². The van der Waals surface area contributed by atoms with Gasteiger partial charge in [0.1, 0.15) is 18.2 Å². The van der Waals surface area contributed by atoms with Gasteiger partial charge in [0.05, 0.1) is 7.11 Å². The van der Waals surface area contributed by atoms with E-state index >= 15 is 0 Å². The van der Waals surface area contributed by atoms with E-state index in [1.807, 2.05) is 12.1 Å². The van der Waals surface area contributed by atoms with Gasteiger partial charge in [-0.1, -0.05) is 12.1 Å². The second kappa shape index (κ2) is 7.10. The topological polar surface area (TPSA) is 52.4 Å². The molecule has 0 amide bonds. The molecule has 1 aromatic carbocycles. The van der Waals surface area contributed by atoms with Gasteiger partial charge in [-0.2, -0.15) is 0 Å². The van der Waals surface area contributed by atoms with Gasteiger partial charge in [-0.15, -0.1) is 10.2 Å². The van der Waals surface area contributed by atoms with Crippen LogP contribution in [0.15, 0.2) is 24.3 Å². The number of nitrogens with zero attached hydrogens (tertiary/aromatic N) is 4. The van der Waals surface area contributed by atoms with E-state index in [-0.39, 0.29) is 0 Å². The molecule has 0 fully saturated rings. The number of methoxy groups -OCH3 is 2. The Balaban J connectivity index is 1.73. The van der Waals surface area contributed by atoms with E-state index in [2.05, 4.69) is 38.7 Å². The van der Waals surface area contributed by atoms with Crippen LogP contribution in [0.3, 0.4) is 0 Å². The van der Waals surface area contributed by atoms with Gasteiger partial charge in [0.25, 0.3) is 0 Å². The molecule has 1 atom stereocenters. The summed E-state index contributed by atoms with van der Waals surface area (Å²) in [5, 5.41) is 8.59. The zero-order chi connectivity index (χ0) is 16.2. The second-order valence-corrected chi connectivity index (χ2v) is 5.99. The molecule has 0 radical (unpaired) electrons. The Morgan fingerprint density at radius 1 is 1.22 bits per heavy atom. The molecule has 2 heterocycles. The van der Waals surface area contributed by atoms with Gasteiger partial charge >= 0.3 is 0 Å². The minimum Gasteiger partial charge on any atom is -0.497 e. The van der Waals surface area contributed by atoms with Gasteiger partial charge in [0, 0.05) is 39.2 Å². The summed E-state index contributed by atoms with van der Waals surface area (Å²) in [6, 6.07) is 8.70. The standard InChI is InChI=1S/C17H24N4O2/c1-13-9-16-18-19-17(12-22-2)21(16)8-7-20(13)11-14-5-4-6-15(10-14)23-3/h4-6,10,13H,7-9,11-12H2,1-3H3. The second-order valence-electron chi connectivity index (χ2n) is 5.99. The highest BCUT2D eigenvalue weighted by Gasteiger charge is 2.24. The van der Waals surface area contributed by atoms with Crippen molar-refractivity contribution in [3.05, 3.63) is 41.5 Å². The van der Waals surface area contributed by atoms with Gasteiger partial charge in [-0.3, -0.25) is 4.90 Å². The van der Waals surface area contributed by atoms with Crippen molar-refractivity contribution in [2.24, 2.45) is 0 Å². The van der Waals surface area contributed by atoms with Crippen LogP contribution in [0.4, 0.5) is 0 Å². The molecule has 23 heavy (non-hydrogen) atoms. The van der Waals surface area contributed by atoms with Crippen molar-refractivity contribution >= 4 is 0 Å². The van der Waals surface area contributed by atoms with Crippen LogP contribution in [0.2, 0.25) is 0 Å². The molecule has 3 rings (SSSR count). The van der Waals surface area contributed by atoms with Crippen LogP contribution in [0.1, 0.15) is 24.1 Å². The summed E-state index contributed by atoms with van der Waals surface area (Å²) >= 11 is 0. The number of hydrogen-bond acceptors (Lipinski definition) is 5. The average molecular weight is 316 g/mol. The fraction of sp³-hybridized carbons (Fsp3) is 0.529. The van der Waals surface area contributed by atoms with Crippen LogP contribution in [0, 0.1) is 0 Å². The molecular weight excluding hydrogens is 292 g/mol. The molecule has 2 aromatic rings. The fourth-order valence-electron chi connectivity index (χ4n) is 3.10. The van der Waals surface area contributed by atoms with Gasteiger partial charge in [0.15, 0.2) is 5.82 Å². The van der Waals surface area contributed by atoms with Gasteiger partial charge < -0.3 is 14.0 Å². The predicted octanol–water partition coefficient (Wildman–Crippen LogP) is 1.88. The summed E-state index contributed by atoms with van der Waals surface area (Å²) in [5.74, 6) is 2.88. The zero-order valence-corrected chi connectivity index (χ0v) is 14.0. The Morgan fingerprint density at radius 2 is 2.09 bits per heavy atom. The lowest BCUT2D eigenvalue weighted by molar-refractivity contribution is 0.171. The highest BCUT2D eigenvalue weighted by molar-refractivity contribution is 5.28. The van der Waals surface area contributed by atoms with E-state index in [0.29, 0.717) is 12.6 Å². The van der Waals surface area contributed by atoms with Crippen molar-refractivity contribution in [2.45, 2.75) is 39.1 Å². The maximum absolute atomic E-state index is 5.32.